The predicted octanol–water partition coefficient (Wildman–Crippen LogP) is 5.55. The van der Waals surface area contributed by atoms with Gasteiger partial charge in [-0.2, -0.15) is 10.1 Å². The molecule has 0 spiro atoms. The molecule has 1 saturated heterocycles. The van der Waals surface area contributed by atoms with Crippen LogP contribution in [0.25, 0.3) is 0 Å². The van der Waals surface area contributed by atoms with Crippen molar-refractivity contribution in [2.75, 3.05) is 25.1 Å². The maximum Gasteiger partial charge on any atom is 0.320 e. The van der Waals surface area contributed by atoms with E-state index in [9.17, 15) is 4.39 Å². The lowest BCUT2D eigenvalue weighted by Crippen LogP contribution is -2.42. The van der Waals surface area contributed by atoms with E-state index in [1.54, 1.807) is 24.1 Å². The van der Waals surface area contributed by atoms with Crippen LogP contribution in [0.1, 0.15) is 38.6 Å². The molecule has 2 aliphatic rings. The summed E-state index contributed by atoms with van der Waals surface area (Å²) in [5.41, 5.74) is 1.16. The topological polar surface area (TPSA) is 65.3 Å². The number of aromatic nitrogens is 4. The molecule has 34 heavy (non-hydrogen) atoms. The van der Waals surface area contributed by atoms with E-state index in [4.69, 9.17) is 31.2 Å². The van der Waals surface area contributed by atoms with E-state index in [0.29, 0.717) is 35.4 Å². The Kier molecular flexibility index (Phi) is 6.34. The first-order chi connectivity index (χ1) is 16.4. The van der Waals surface area contributed by atoms with Crippen molar-refractivity contribution in [3.8, 4) is 17.6 Å². The first-order valence-electron chi connectivity index (χ1n) is 11.7. The summed E-state index contributed by atoms with van der Waals surface area (Å²) in [6.45, 7) is 6.05. The van der Waals surface area contributed by atoms with Crippen molar-refractivity contribution in [2.24, 2.45) is 17.8 Å². The Morgan fingerprint density at radius 2 is 1.91 bits per heavy atom. The van der Waals surface area contributed by atoms with E-state index in [1.165, 1.54) is 25.0 Å². The summed E-state index contributed by atoms with van der Waals surface area (Å²) in [7, 11) is 1.65. The second kappa shape index (κ2) is 9.41. The Morgan fingerprint density at radius 3 is 2.59 bits per heavy atom. The minimum Gasteiger partial charge on any atom is -0.481 e. The van der Waals surface area contributed by atoms with E-state index in [1.807, 2.05) is 19.9 Å². The van der Waals surface area contributed by atoms with Crippen molar-refractivity contribution in [3.63, 3.8) is 0 Å². The second-order valence-electron chi connectivity index (χ2n) is 9.48. The van der Waals surface area contributed by atoms with Gasteiger partial charge >= 0.3 is 6.01 Å². The van der Waals surface area contributed by atoms with Gasteiger partial charge in [-0.3, -0.25) is 0 Å². The predicted molar refractivity (Wildman–Crippen MR) is 128 cm³/mol. The van der Waals surface area contributed by atoms with Crippen LogP contribution in [0.2, 0.25) is 5.02 Å². The molecule has 180 valence electrons. The highest BCUT2D eigenvalue weighted by atomic mass is 35.5. The third-order valence-corrected chi connectivity index (χ3v) is 7.14. The lowest BCUT2D eigenvalue weighted by Gasteiger charge is -2.39. The Bertz CT molecular complexity index is 1140. The minimum atomic E-state index is -0.450. The summed E-state index contributed by atoms with van der Waals surface area (Å²) in [6, 6.07) is 8.60. The molecule has 7 nitrogen and oxygen atoms in total. The zero-order valence-electron chi connectivity index (χ0n) is 19.6. The van der Waals surface area contributed by atoms with E-state index in [0.717, 1.165) is 31.0 Å². The van der Waals surface area contributed by atoms with Gasteiger partial charge in [-0.25, -0.2) is 14.1 Å². The van der Waals surface area contributed by atoms with Gasteiger partial charge in [-0.05, 0) is 62.6 Å². The summed E-state index contributed by atoms with van der Waals surface area (Å²) in [4.78, 5) is 11.4. The van der Waals surface area contributed by atoms with Crippen LogP contribution >= 0.6 is 11.6 Å². The lowest BCUT2D eigenvalue weighted by atomic mass is 9.82. The monoisotopic (exact) mass is 485 g/mol. The first kappa shape index (κ1) is 22.9. The van der Waals surface area contributed by atoms with Gasteiger partial charge in [0.2, 0.25) is 5.88 Å². The van der Waals surface area contributed by atoms with Crippen LogP contribution in [0.5, 0.6) is 17.6 Å². The molecule has 0 radical (unpaired) electrons. The molecule has 1 aromatic carbocycles. The zero-order valence-corrected chi connectivity index (χ0v) is 20.4. The second-order valence-corrected chi connectivity index (χ2v) is 9.92. The van der Waals surface area contributed by atoms with Crippen molar-refractivity contribution in [3.05, 3.63) is 53.2 Å². The molecule has 3 atom stereocenters. The Hall–Kier alpha value is -2.87. The third kappa shape index (κ3) is 4.69. The maximum absolute atomic E-state index is 13.8. The van der Waals surface area contributed by atoms with Crippen LogP contribution in [0.3, 0.4) is 0 Å². The molecule has 1 aliphatic heterocycles. The molecule has 2 fully saturated rings. The normalized spacial score (nSPS) is 21.8. The molecule has 2 aromatic heterocycles. The largest absolute Gasteiger partial charge is 0.481 e. The van der Waals surface area contributed by atoms with Gasteiger partial charge in [0.15, 0.2) is 5.82 Å². The molecule has 0 N–H and O–H groups in total. The molecule has 1 saturated carbocycles. The number of anilines is 1. The Balaban J connectivity index is 1.32. The molecule has 5 rings (SSSR count). The SMILES string of the molecule is COc1cc(N2C[C@H]3CC[C@@H](C2)C3Cc2nc(Oc3cc(F)cc(Cl)c3)n(C(C)C)n2)ccn1. The highest BCUT2D eigenvalue weighted by molar-refractivity contribution is 6.30. The maximum atomic E-state index is 13.8. The fourth-order valence-corrected chi connectivity index (χ4v) is 5.55. The lowest BCUT2D eigenvalue weighted by molar-refractivity contribution is 0.265. The van der Waals surface area contributed by atoms with E-state index in [-0.39, 0.29) is 11.1 Å². The number of piperidine rings is 1. The number of benzene rings is 1. The molecule has 3 aromatic rings. The molecule has 2 bridgehead atoms. The minimum absolute atomic E-state index is 0.0560. The molecule has 1 aliphatic carbocycles. The van der Waals surface area contributed by atoms with Crippen LogP contribution in [-0.2, 0) is 6.42 Å². The Labute approximate surface area is 203 Å². The van der Waals surface area contributed by atoms with E-state index in [2.05, 4.69) is 16.0 Å². The van der Waals surface area contributed by atoms with Crippen molar-refractivity contribution in [2.45, 2.75) is 39.2 Å². The van der Waals surface area contributed by atoms with Gasteiger partial charge in [0, 0.05) is 48.5 Å². The number of fused-ring (bicyclic) bond motifs is 2. The molecule has 1 unspecified atom stereocenters. The van der Waals surface area contributed by atoms with Gasteiger partial charge in [0.05, 0.1) is 13.2 Å². The number of hydrogen-bond donors (Lipinski definition) is 0. The summed E-state index contributed by atoms with van der Waals surface area (Å²) >= 11 is 5.99. The number of hydrogen-bond acceptors (Lipinski definition) is 6. The Morgan fingerprint density at radius 1 is 1.15 bits per heavy atom. The number of methoxy groups -OCH3 is 1. The van der Waals surface area contributed by atoms with Crippen molar-refractivity contribution < 1.29 is 13.9 Å². The van der Waals surface area contributed by atoms with E-state index >= 15 is 0 Å². The van der Waals surface area contributed by atoms with Gasteiger partial charge in [0.1, 0.15) is 11.6 Å². The number of rotatable bonds is 7. The van der Waals surface area contributed by atoms with Gasteiger partial charge in [-0.1, -0.05) is 11.6 Å². The van der Waals surface area contributed by atoms with Gasteiger partial charge in [-0.15, -0.1) is 0 Å². The average Bonchev–Trinajstić information content (AvgIpc) is 3.29. The number of ether oxygens (including phenoxy) is 2. The van der Waals surface area contributed by atoms with E-state index < -0.39 is 5.82 Å². The standard InChI is InChI=1S/C25H29ClFN5O2/c1-15(2)32-25(34-21-9-18(26)8-19(27)10-21)29-23(30-32)12-22-16-4-5-17(22)14-31(13-16)20-6-7-28-24(11-20)33-3/h6-11,15-17,22H,4-5,12-14H2,1-3H3/t16-,17+,22?. The van der Waals surface area contributed by atoms with Crippen molar-refractivity contribution >= 4 is 17.3 Å². The highest BCUT2D eigenvalue weighted by Crippen LogP contribution is 2.44. The van der Waals surface area contributed by atoms with Gasteiger partial charge < -0.3 is 14.4 Å². The van der Waals surface area contributed by atoms with Crippen LogP contribution < -0.4 is 14.4 Å². The molecule has 0 amide bonds. The molecular formula is C25H29ClFN5O2. The first-order valence-corrected chi connectivity index (χ1v) is 12.1. The highest BCUT2D eigenvalue weighted by Gasteiger charge is 2.42. The summed E-state index contributed by atoms with van der Waals surface area (Å²) in [5, 5.41) is 5.04. The van der Waals surface area contributed by atoms with Crippen LogP contribution in [0, 0.1) is 23.6 Å². The van der Waals surface area contributed by atoms with Crippen LogP contribution in [0.15, 0.2) is 36.5 Å². The zero-order chi connectivity index (χ0) is 23.8. The average molecular weight is 486 g/mol. The summed E-state index contributed by atoms with van der Waals surface area (Å²) < 4.78 is 26.7. The van der Waals surface area contributed by atoms with Gasteiger partial charge in [0.25, 0.3) is 0 Å². The smallest absolute Gasteiger partial charge is 0.320 e. The number of halogens is 2. The summed E-state index contributed by atoms with van der Waals surface area (Å²) in [6.07, 6.45) is 5.04. The van der Waals surface area contributed by atoms with Crippen LogP contribution in [0.4, 0.5) is 10.1 Å². The fourth-order valence-electron chi connectivity index (χ4n) is 5.33. The number of pyridine rings is 1. The summed E-state index contributed by atoms with van der Waals surface area (Å²) in [5.74, 6) is 2.96. The fraction of sp³-hybridized carbons (Fsp3) is 0.480. The van der Waals surface area contributed by atoms with Crippen molar-refractivity contribution in [1.29, 1.82) is 0 Å². The molecular weight excluding hydrogens is 457 g/mol. The number of nitrogens with zero attached hydrogens (tertiary/aromatic N) is 5. The van der Waals surface area contributed by atoms with Crippen LogP contribution in [-0.4, -0.2) is 39.9 Å². The molecule has 3 heterocycles. The third-order valence-electron chi connectivity index (χ3n) is 6.92. The quantitative estimate of drug-likeness (QED) is 0.437. The van der Waals surface area contributed by atoms with Crippen molar-refractivity contribution in [1.82, 2.24) is 19.7 Å². The molecule has 9 heteroatoms.